The summed E-state index contributed by atoms with van der Waals surface area (Å²) in [5.74, 6) is 0.304. The number of H-pyrrole nitrogens is 1. The first-order chi connectivity index (χ1) is 13.1. The molecule has 4 rings (SSSR count). The average Bonchev–Trinajstić information content (AvgIpc) is 3.11. The number of nitrogens with one attached hydrogen (secondary N) is 1. The third-order valence-electron chi connectivity index (χ3n) is 4.23. The van der Waals surface area contributed by atoms with Crippen molar-refractivity contribution in [3.05, 3.63) is 99.9 Å². The van der Waals surface area contributed by atoms with E-state index in [1.165, 1.54) is 18.2 Å². The molecule has 4 aromatic rings. The molecule has 0 bridgehead atoms. The maximum absolute atomic E-state index is 12.3. The summed E-state index contributed by atoms with van der Waals surface area (Å²) < 4.78 is 0. The lowest BCUT2D eigenvalue weighted by Gasteiger charge is -2.12. The summed E-state index contributed by atoms with van der Waals surface area (Å²) >= 11 is 0. The monoisotopic (exact) mass is 356 g/mol. The summed E-state index contributed by atoms with van der Waals surface area (Å²) in [6.07, 6.45) is 1.64. The zero-order valence-electron chi connectivity index (χ0n) is 14.1. The van der Waals surface area contributed by atoms with E-state index in [1.807, 2.05) is 54.6 Å². The van der Waals surface area contributed by atoms with Crippen LogP contribution in [0.15, 0.2) is 72.8 Å². The van der Waals surface area contributed by atoms with Gasteiger partial charge in [0.15, 0.2) is 0 Å². The zero-order valence-corrected chi connectivity index (χ0v) is 14.1. The third kappa shape index (κ3) is 3.28. The van der Waals surface area contributed by atoms with E-state index in [9.17, 15) is 15.2 Å². The second kappa shape index (κ2) is 6.76. The average molecular weight is 356 g/mol. The summed E-state index contributed by atoms with van der Waals surface area (Å²) in [5, 5.41) is 23.3. The highest BCUT2D eigenvalue weighted by molar-refractivity contribution is 5.92. The largest absolute Gasteiger partial charge is 0.872 e. The molecule has 1 heterocycles. The molecule has 3 aromatic carbocycles. The highest BCUT2D eigenvalue weighted by atomic mass is 16.6. The first kappa shape index (κ1) is 16.5. The number of aromatic nitrogens is 2. The van der Waals surface area contributed by atoms with Crippen LogP contribution in [0.25, 0.3) is 22.7 Å². The van der Waals surface area contributed by atoms with Crippen molar-refractivity contribution >= 4 is 28.4 Å². The van der Waals surface area contributed by atoms with Crippen LogP contribution in [-0.4, -0.2) is 14.9 Å². The molecule has 1 N–H and O–H groups in total. The number of fused-ring (bicyclic) bond motifs is 1. The molecule has 27 heavy (non-hydrogen) atoms. The Labute approximate surface area is 154 Å². The smallest absolute Gasteiger partial charge is 0.269 e. The van der Waals surface area contributed by atoms with E-state index in [0.29, 0.717) is 11.4 Å². The van der Waals surface area contributed by atoms with Gasteiger partial charge < -0.3 is 10.1 Å². The Morgan fingerprint density at radius 2 is 1.74 bits per heavy atom. The molecule has 1 aromatic heterocycles. The Morgan fingerprint density at radius 1 is 1.00 bits per heavy atom. The number of nitrogens with zero attached hydrogens (tertiary/aromatic N) is 2. The van der Waals surface area contributed by atoms with Gasteiger partial charge in [0, 0.05) is 17.7 Å². The minimum Gasteiger partial charge on any atom is -0.872 e. The van der Waals surface area contributed by atoms with Crippen LogP contribution < -0.4 is 5.11 Å². The van der Waals surface area contributed by atoms with Crippen molar-refractivity contribution in [1.82, 2.24) is 9.97 Å². The summed E-state index contributed by atoms with van der Waals surface area (Å²) in [4.78, 5) is 18.4. The van der Waals surface area contributed by atoms with Crippen molar-refractivity contribution in [3.8, 4) is 5.75 Å². The van der Waals surface area contributed by atoms with Gasteiger partial charge in [0.1, 0.15) is 5.82 Å². The summed E-state index contributed by atoms with van der Waals surface area (Å²) in [5.41, 5.74) is 3.32. The fraction of sp³-hybridized carbons (Fsp3) is 0. The van der Waals surface area contributed by atoms with Crippen molar-refractivity contribution in [1.29, 1.82) is 0 Å². The van der Waals surface area contributed by atoms with Crippen LogP contribution in [0, 0.1) is 10.1 Å². The van der Waals surface area contributed by atoms with Gasteiger partial charge in [0.2, 0.25) is 0 Å². The maximum atomic E-state index is 12.3. The number of hydrogen-bond acceptors (Lipinski definition) is 4. The van der Waals surface area contributed by atoms with Crippen LogP contribution in [0.3, 0.4) is 0 Å². The highest BCUT2D eigenvalue weighted by Crippen LogP contribution is 2.30. The predicted octanol–water partition coefficient (Wildman–Crippen LogP) is 4.13. The SMILES string of the molecule is O=[N+]([O-])c1ccc([O-])c(/C=C(/c2ccccc2)c2nc3ccccc3[nH]2)c1. The fourth-order valence-electron chi connectivity index (χ4n) is 2.90. The normalized spacial score (nSPS) is 11.6. The molecule has 0 aliphatic rings. The second-order valence-electron chi connectivity index (χ2n) is 6.01. The van der Waals surface area contributed by atoms with Gasteiger partial charge in [-0.1, -0.05) is 48.5 Å². The molecular formula is C21H14N3O3-. The molecule has 0 radical (unpaired) electrons. The van der Waals surface area contributed by atoms with Crippen LogP contribution in [0.4, 0.5) is 5.69 Å². The molecular weight excluding hydrogens is 342 g/mol. The Kier molecular flexibility index (Phi) is 4.14. The maximum Gasteiger partial charge on any atom is 0.269 e. The lowest BCUT2D eigenvalue weighted by atomic mass is 10.0. The van der Waals surface area contributed by atoms with Crippen molar-refractivity contribution in [3.63, 3.8) is 0 Å². The molecule has 6 nitrogen and oxygen atoms in total. The number of aromatic amines is 1. The number of imidazole rings is 1. The van der Waals surface area contributed by atoms with Crippen molar-refractivity contribution in [2.75, 3.05) is 0 Å². The van der Waals surface area contributed by atoms with Gasteiger partial charge in [-0.15, -0.1) is 5.75 Å². The summed E-state index contributed by atoms with van der Waals surface area (Å²) in [6.45, 7) is 0. The van der Waals surface area contributed by atoms with Gasteiger partial charge in [-0.3, -0.25) is 10.1 Å². The van der Waals surface area contributed by atoms with E-state index in [2.05, 4.69) is 9.97 Å². The first-order valence-electron chi connectivity index (χ1n) is 8.29. The highest BCUT2D eigenvalue weighted by Gasteiger charge is 2.12. The molecule has 0 aliphatic heterocycles. The molecule has 6 heteroatoms. The van der Waals surface area contributed by atoms with Gasteiger partial charge in [0.25, 0.3) is 5.69 Å². The predicted molar refractivity (Wildman–Crippen MR) is 102 cm³/mol. The second-order valence-corrected chi connectivity index (χ2v) is 6.01. The Balaban J connectivity index is 1.92. The fourth-order valence-corrected chi connectivity index (χ4v) is 2.90. The number of para-hydroxylation sites is 2. The van der Waals surface area contributed by atoms with Crippen LogP contribution >= 0.6 is 0 Å². The van der Waals surface area contributed by atoms with Gasteiger partial charge in [0.05, 0.1) is 16.0 Å². The number of non-ortho nitro benzene ring substituents is 1. The first-order valence-corrected chi connectivity index (χ1v) is 8.29. The zero-order chi connectivity index (χ0) is 18.8. The lowest BCUT2D eigenvalue weighted by molar-refractivity contribution is -0.385. The quantitative estimate of drug-likeness (QED) is 0.338. The van der Waals surface area contributed by atoms with Gasteiger partial charge >= 0.3 is 0 Å². The van der Waals surface area contributed by atoms with E-state index in [0.717, 1.165) is 16.6 Å². The molecule has 0 spiro atoms. The van der Waals surface area contributed by atoms with Crippen molar-refractivity contribution in [2.24, 2.45) is 0 Å². The van der Waals surface area contributed by atoms with Crippen molar-refractivity contribution in [2.45, 2.75) is 0 Å². The van der Waals surface area contributed by atoms with E-state index in [1.54, 1.807) is 6.08 Å². The topological polar surface area (TPSA) is 94.9 Å². The third-order valence-corrected chi connectivity index (χ3v) is 4.23. The molecule has 0 saturated heterocycles. The van der Waals surface area contributed by atoms with Crippen LogP contribution in [-0.2, 0) is 0 Å². The van der Waals surface area contributed by atoms with Crippen LogP contribution in [0.5, 0.6) is 5.75 Å². The number of nitro benzene ring substituents is 1. The molecule has 0 amide bonds. The molecule has 0 fully saturated rings. The van der Waals surface area contributed by atoms with E-state index in [-0.39, 0.29) is 17.0 Å². The van der Waals surface area contributed by atoms with E-state index in [4.69, 9.17) is 0 Å². The number of benzene rings is 3. The Hall–Kier alpha value is -3.93. The minimum atomic E-state index is -0.514. The molecule has 0 atom stereocenters. The van der Waals surface area contributed by atoms with Crippen LogP contribution in [0.1, 0.15) is 17.0 Å². The van der Waals surface area contributed by atoms with E-state index < -0.39 is 4.92 Å². The molecule has 0 aliphatic carbocycles. The number of hydrogen-bond donors (Lipinski definition) is 1. The lowest BCUT2D eigenvalue weighted by Crippen LogP contribution is -1.97. The molecule has 132 valence electrons. The molecule has 0 unspecified atom stereocenters. The molecule has 0 saturated carbocycles. The van der Waals surface area contributed by atoms with Gasteiger partial charge in [-0.05, 0) is 29.3 Å². The Bertz CT molecular complexity index is 1130. The summed E-state index contributed by atoms with van der Waals surface area (Å²) in [6, 6.07) is 20.8. The van der Waals surface area contributed by atoms with Crippen molar-refractivity contribution < 1.29 is 10.0 Å². The summed E-state index contributed by atoms with van der Waals surface area (Å²) in [7, 11) is 0. The minimum absolute atomic E-state index is 0.127. The van der Waals surface area contributed by atoms with Crippen LogP contribution in [0.2, 0.25) is 0 Å². The van der Waals surface area contributed by atoms with Gasteiger partial charge in [-0.25, -0.2) is 4.98 Å². The Morgan fingerprint density at radius 3 is 2.48 bits per heavy atom. The standard InChI is InChI=1S/C21H15N3O3/c25-20-11-10-16(24(26)27)12-15(20)13-17(14-6-2-1-3-7-14)21-22-18-8-4-5-9-19(18)23-21/h1-13,25H,(H,22,23)/p-1/b17-13-. The number of rotatable bonds is 4. The van der Waals surface area contributed by atoms with E-state index >= 15 is 0 Å². The number of nitro groups is 1. The van der Waals surface area contributed by atoms with Gasteiger partial charge in [-0.2, -0.15) is 0 Å².